The molecule has 0 bridgehead atoms. The summed E-state index contributed by atoms with van der Waals surface area (Å²) < 4.78 is 5.86. The van der Waals surface area contributed by atoms with Gasteiger partial charge in [-0.25, -0.2) is 4.79 Å². The average molecular weight is 337 g/mol. The molecular weight excluding hydrogens is 322 g/mol. The second-order valence-corrected chi connectivity index (χ2v) is 6.27. The van der Waals surface area contributed by atoms with Crippen molar-refractivity contribution in [3.05, 3.63) is 34.7 Å². The number of thiocarbonyl (C=S) groups is 1. The number of aliphatic carboxylic acids is 1. The summed E-state index contributed by atoms with van der Waals surface area (Å²) in [7, 11) is 0. The van der Waals surface area contributed by atoms with Crippen molar-refractivity contribution >= 4 is 46.3 Å². The minimum Gasteiger partial charge on any atom is -0.479 e. The van der Waals surface area contributed by atoms with Gasteiger partial charge in [0.1, 0.15) is 10.1 Å². The van der Waals surface area contributed by atoms with Crippen LogP contribution in [0.1, 0.15) is 19.4 Å². The van der Waals surface area contributed by atoms with Gasteiger partial charge in [-0.2, -0.15) is 0 Å². The molecule has 0 spiro atoms. The first kappa shape index (κ1) is 16.5. The molecule has 1 aliphatic heterocycles. The average Bonchev–Trinajstić information content (AvgIpc) is 2.73. The molecular formula is C15H15NO4S2. The van der Waals surface area contributed by atoms with E-state index in [2.05, 4.69) is 0 Å². The van der Waals surface area contributed by atoms with Crippen LogP contribution in [-0.4, -0.2) is 38.9 Å². The number of likely N-dealkylation sites (N-methyl/N-ethyl adjacent to an activating group) is 1. The van der Waals surface area contributed by atoms with Crippen LogP contribution in [0.3, 0.4) is 0 Å². The van der Waals surface area contributed by atoms with Crippen LogP contribution < -0.4 is 4.74 Å². The molecule has 5 nitrogen and oxygen atoms in total. The van der Waals surface area contributed by atoms with E-state index in [4.69, 9.17) is 22.1 Å². The fraction of sp³-hybridized carbons (Fsp3) is 0.267. The summed E-state index contributed by atoms with van der Waals surface area (Å²) in [6.45, 7) is 3.87. The molecule has 1 fully saturated rings. The van der Waals surface area contributed by atoms with Crippen molar-refractivity contribution in [3.8, 4) is 5.75 Å². The van der Waals surface area contributed by atoms with E-state index in [0.29, 0.717) is 21.5 Å². The van der Waals surface area contributed by atoms with Crippen LogP contribution in [0.5, 0.6) is 5.75 Å². The van der Waals surface area contributed by atoms with E-state index in [-0.39, 0.29) is 5.91 Å². The molecule has 0 aromatic heterocycles. The van der Waals surface area contributed by atoms with Gasteiger partial charge in [0.2, 0.25) is 0 Å². The lowest BCUT2D eigenvalue weighted by molar-refractivity contribution is -0.144. The van der Waals surface area contributed by atoms with Crippen LogP contribution in [-0.2, 0) is 9.59 Å². The second kappa shape index (κ2) is 6.93. The molecule has 116 valence electrons. The zero-order valence-corrected chi connectivity index (χ0v) is 13.7. The van der Waals surface area contributed by atoms with E-state index in [1.807, 2.05) is 13.0 Å². The lowest BCUT2D eigenvalue weighted by Gasteiger charge is -2.11. The zero-order valence-electron chi connectivity index (χ0n) is 12.1. The zero-order chi connectivity index (χ0) is 16.3. The minimum atomic E-state index is -1.03. The van der Waals surface area contributed by atoms with E-state index >= 15 is 0 Å². The molecule has 1 saturated heterocycles. The van der Waals surface area contributed by atoms with Gasteiger partial charge in [-0.05, 0) is 37.6 Å². The molecule has 0 aliphatic carbocycles. The summed E-state index contributed by atoms with van der Waals surface area (Å²) >= 11 is 6.42. The summed E-state index contributed by atoms with van der Waals surface area (Å²) in [5, 5.41) is 8.86. The number of carbonyl (C=O) groups excluding carboxylic acids is 1. The first-order chi connectivity index (χ1) is 10.4. The van der Waals surface area contributed by atoms with Gasteiger partial charge in [0.15, 0.2) is 6.10 Å². The number of ether oxygens (including phenoxy) is 1. The van der Waals surface area contributed by atoms with Crippen molar-refractivity contribution in [2.24, 2.45) is 0 Å². The highest BCUT2D eigenvalue weighted by atomic mass is 32.2. The van der Waals surface area contributed by atoms with Crippen LogP contribution in [0.4, 0.5) is 0 Å². The first-order valence-corrected chi connectivity index (χ1v) is 7.89. The molecule has 1 N–H and O–H groups in total. The maximum Gasteiger partial charge on any atom is 0.344 e. The molecule has 2 rings (SSSR count). The molecule has 1 amide bonds. The van der Waals surface area contributed by atoms with Crippen LogP contribution in [0.2, 0.25) is 0 Å². The topological polar surface area (TPSA) is 66.8 Å². The Kier molecular flexibility index (Phi) is 5.20. The number of rotatable bonds is 5. The summed E-state index contributed by atoms with van der Waals surface area (Å²) in [5.74, 6) is -0.702. The third kappa shape index (κ3) is 3.66. The number of hydrogen-bond donors (Lipinski definition) is 1. The third-order valence-corrected chi connectivity index (χ3v) is 4.38. The normalized spacial score (nSPS) is 17.9. The Labute approximate surface area is 137 Å². The molecule has 0 radical (unpaired) electrons. The van der Waals surface area contributed by atoms with E-state index in [9.17, 15) is 9.59 Å². The fourth-order valence-corrected chi connectivity index (χ4v) is 3.24. The van der Waals surface area contributed by atoms with Crippen molar-refractivity contribution < 1.29 is 19.4 Å². The van der Waals surface area contributed by atoms with Crippen LogP contribution in [0.15, 0.2) is 29.2 Å². The maximum absolute atomic E-state index is 12.1. The van der Waals surface area contributed by atoms with Crippen molar-refractivity contribution in [2.45, 2.75) is 20.0 Å². The molecule has 22 heavy (non-hydrogen) atoms. The number of nitrogens with zero attached hydrogens (tertiary/aromatic N) is 1. The van der Waals surface area contributed by atoms with E-state index in [1.165, 1.54) is 18.7 Å². The highest BCUT2D eigenvalue weighted by molar-refractivity contribution is 8.26. The number of carbonyl (C=O) groups is 2. The lowest BCUT2D eigenvalue weighted by Crippen LogP contribution is -2.27. The number of amides is 1. The highest BCUT2D eigenvalue weighted by Gasteiger charge is 2.30. The Morgan fingerprint density at radius 1 is 1.55 bits per heavy atom. The molecule has 1 unspecified atom stereocenters. The van der Waals surface area contributed by atoms with Crippen molar-refractivity contribution in [2.75, 3.05) is 6.54 Å². The van der Waals surface area contributed by atoms with Gasteiger partial charge in [-0.3, -0.25) is 9.69 Å². The predicted molar refractivity (Wildman–Crippen MR) is 89.7 cm³/mol. The summed E-state index contributed by atoms with van der Waals surface area (Å²) in [6.07, 6.45) is 0.793. The number of hydrogen-bond acceptors (Lipinski definition) is 5. The highest BCUT2D eigenvalue weighted by Crippen LogP contribution is 2.32. The van der Waals surface area contributed by atoms with E-state index < -0.39 is 12.1 Å². The fourth-order valence-electron chi connectivity index (χ4n) is 1.86. The third-order valence-electron chi connectivity index (χ3n) is 3.01. The summed E-state index contributed by atoms with van der Waals surface area (Å²) in [5.41, 5.74) is 0.756. The van der Waals surface area contributed by atoms with Gasteiger partial charge in [0.05, 0.1) is 4.91 Å². The standard InChI is InChI=1S/C15H15NO4S2/c1-3-16-13(17)12(22-15(16)21)8-10-5-4-6-11(7-10)20-9(2)14(18)19/h4-9H,3H2,1-2H3,(H,18,19)/b12-8+. The monoisotopic (exact) mass is 337 g/mol. The van der Waals surface area contributed by atoms with Crippen LogP contribution in [0.25, 0.3) is 6.08 Å². The van der Waals surface area contributed by atoms with Crippen LogP contribution in [0, 0.1) is 0 Å². The van der Waals surface area contributed by atoms with Gasteiger partial charge in [-0.15, -0.1) is 0 Å². The van der Waals surface area contributed by atoms with Gasteiger partial charge in [0, 0.05) is 6.54 Å². The molecule has 0 saturated carbocycles. The van der Waals surface area contributed by atoms with Gasteiger partial charge < -0.3 is 9.84 Å². The Hall–Kier alpha value is -1.86. The largest absolute Gasteiger partial charge is 0.479 e. The molecule has 1 aliphatic rings. The van der Waals surface area contributed by atoms with Gasteiger partial charge in [-0.1, -0.05) is 36.1 Å². The molecule has 1 aromatic rings. The molecule has 1 aromatic carbocycles. The smallest absolute Gasteiger partial charge is 0.344 e. The molecule has 1 atom stereocenters. The molecule has 7 heteroatoms. The second-order valence-electron chi connectivity index (χ2n) is 4.60. The Morgan fingerprint density at radius 3 is 2.86 bits per heavy atom. The number of carboxylic acid groups (broad SMARTS) is 1. The summed E-state index contributed by atoms with van der Waals surface area (Å²) in [6, 6.07) is 6.93. The lowest BCUT2D eigenvalue weighted by atomic mass is 10.2. The summed E-state index contributed by atoms with van der Waals surface area (Å²) in [4.78, 5) is 25.0. The van der Waals surface area contributed by atoms with Gasteiger partial charge >= 0.3 is 5.97 Å². The SMILES string of the molecule is CCN1C(=O)/C(=C\c2cccc(OC(C)C(=O)O)c2)SC1=S. The van der Waals surface area contributed by atoms with Gasteiger partial charge in [0.25, 0.3) is 5.91 Å². The predicted octanol–water partition coefficient (Wildman–Crippen LogP) is 2.76. The quantitative estimate of drug-likeness (QED) is 0.658. The Bertz CT molecular complexity index is 657. The Morgan fingerprint density at radius 2 is 2.27 bits per heavy atom. The maximum atomic E-state index is 12.1. The first-order valence-electron chi connectivity index (χ1n) is 6.67. The number of carboxylic acids is 1. The van der Waals surface area contributed by atoms with Crippen LogP contribution >= 0.6 is 24.0 Å². The van der Waals surface area contributed by atoms with Crippen molar-refractivity contribution in [1.29, 1.82) is 0 Å². The number of benzene rings is 1. The van der Waals surface area contributed by atoms with Crippen molar-refractivity contribution in [1.82, 2.24) is 4.90 Å². The van der Waals surface area contributed by atoms with Crippen molar-refractivity contribution in [3.63, 3.8) is 0 Å². The number of thioether (sulfide) groups is 1. The van der Waals surface area contributed by atoms with E-state index in [0.717, 1.165) is 5.56 Å². The minimum absolute atomic E-state index is 0.109. The van der Waals surface area contributed by atoms with E-state index in [1.54, 1.807) is 29.2 Å². The Balaban J connectivity index is 2.20. The molecule has 1 heterocycles.